The van der Waals surface area contributed by atoms with Crippen LogP contribution >= 0.6 is 0 Å². The van der Waals surface area contributed by atoms with Crippen molar-refractivity contribution in [2.75, 3.05) is 12.5 Å². The van der Waals surface area contributed by atoms with Gasteiger partial charge in [0, 0.05) is 23.9 Å². The Hall–Kier alpha value is -1.98. The lowest BCUT2D eigenvalue weighted by Crippen LogP contribution is -2.13. The molecule has 3 N–H and O–H groups in total. The van der Waals surface area contributed by atoms with Crippen LogP contribution in [-0.2, 0) is 17.8 Å². The Bertz CT molecular complexity index is 598. The van der Waals surface area contributed by atoms with Crippen LogP contribution in [0.5, 0.6) is 0 Å². The summed E-state index contributed by atoms with van der Waals surface area (Å²) in [5.41, 5.74) is 6.70. The van der Waals surface area contributed by atoms with Gasteiger partial charge in [-0.1, -0.05) is 25.1 Å². The van der Waals surface area contributed by atoms with Crippen molar-refractivity contribution in [2.45, 2.75) is 26.9 Å². The van der Waals surface area contributed by atoms with Gasteiger partial charge in [0.25, 0.3) is 0 Å². The van der Waals surface area contributed by atoms with Crippen LogP contribution in [0, 0.1) is 6.92 Å². The summed E-state index contributed by atoms with van der Waals surface area (Å²) < 4.78 is 5.15. The van der Waals surface area contributed by atoms with Gasteiger partial charge in [-0.3, -0.25) is 0 Å². The zero-order valence-corrected chi connectivity index (χ0v) is 12.1. The molecular formula is C15H20N4O. The second-order valence-electron chi connectivity index (χ2n) is 4.59. The lowest BCUT2D eigenvalue weighted by Gasteiger charge is -2.12. The highest BCUT2D eigenvalue weighted by atomic mass is 16.5. The third kappa shape index (κ3) is 2.95. The van der Waals surface area contributed by atoms with Crippen LogP contribution in [-0.4, -0.2) is 17.1 Å². The molecule has 0 bridgehead atoms. The minimum Gasteiger partial charge on any atom is -0.380 e. The van der Waals surface area contributed by atoms with Crippen LogP contribution in [0.1, 0.15) is 23.7 Å². The number of ether oxygens (including phenoxy) is 1. The molecule has 106 valence electrons. The van der Waals surface area contributed by atoms with Crippen molar-refractivity contribution in [1.29, 1.82) is 0 Å². The van der Waals surface area contributed by atoms with Crippen molar-refractivity contribution in [3.8, 4) is 11.4 Å². The number of hydrogen-bond donors (Lipinski definition) is 2. The first-order valence-electron chi connectivity index (χ1n) is 6.62. The molecule has 0 unspecified atom stereocenters. The van der Waals surface area contributed by atoms with Gasteiger partial charge in [0.15, 0.2) is 5.82 Å². The molecule has 1 aromatic carbocycles. The van der Waals surface area contributed by atoms with E-state index in [0.717, 1.165) is 28.8 Å². The third-order valence-electron chi connectivity index (χ3n) is 3.20. The first kappa shape index (κ1) is 14.4. The van der Waals surface area contributed by atoms with Crippen molar-refractivity contribution in [2.24, 2.45) is 5.84 Å². The van der Waals surface area contributed by atoms with Gasteiger partial charge in [-0.25, -0.2) is 15.8 Å². The normalized spacial score (nSPS) is 10.6. The largest absolute Gasteiger partial charge is 0.380 e. The lowest BCUT2D eigenvalue weighted by molar-refractivity contribution is 0.185. The standard InChI is InChI=1S/C15H20N4O/c1-4-13-10(2)17-14(18-15(13)19-16)12-7-5-6-11(8-12)9-20-3/h5-8H,4,9,16H2,1-3H3,(H,17,18,19). The Morgan fingerprint density at radius 3 is 2.75 bits per heavy atom. The molecule has 0 aliphatic heterocycles. The lowest BCUT2D eigenvalue weighted by atomic mass is 10.1. The van der Waals surface area contributed by atoms with Crippen LogP contribution in [0.2, 0.25) is 0 Å². The number of aryl methyl sites for hydroxylation is 1. The number of nitrogens with one attached hydrogen (secondary N) is 1. The topological polar surface area (TPSA) is 73.1 Å². The number of anilines is 1. The van der Waals surface area contributed by atoms with Gasteiger partial charge in [0.2, 0.25) is 0 Å². The molecular weight excluding hydrogens is 252 g/mol. The van der Waals surface area contributed by atoms with Crippen molar-refractivity contribution < 1.29 is 4.74 Å². The van der Waals surface area contributed by atoms with Crippen LogP contribution < -0.4 is 11.3 Å². The summed E-state index contributed by atoms with van der Waals surface area (Å²) in [5, 5.41) is 0. The maximum atomic E-state index is 5.56. The highest BCUT2D eigenvalue weighted by Crippen LogP contribution is 2.23. The van der Waals surface area contributed by atoms with Crippen LogP contribution in [0.3, 0.4) is 0 Å². The Balaban J connectivity index is 2.47. The van der Waals surface area contributed by atoms with E-state index < -0.39 is 0 Å². The van der Waals surface area contributed by atoms with Gasteiger partial charge in [-0.2, -0.15) is 0 Å². The molecule has 0 radical (unpaired) electrons. The van der Waals surface area contributed by atoms with Gasteiger partial charge in [0.1, 0.15) is 5.82 Å². The number of rotatable bonds is 5. The summed E-state index contributed by atoms with van der Waals surface area (Å²) in [7, 11) is 1.68. The van der Waals surface area contributed by atoms with Crippen LogP contribution in [0.15, 0.2) is 24.3 Å². The fourth-order valence-electron chi connectivity index (χ4n) is 2.23. The van der Waals surface area contributed by atoms with Crippen molar-refractivity contribution >= 4 is 5.82 Å². The van der Waals surface area contributed by atoms with Gasteiger partial charge >= 0.3 is 0 Å². The predicted molar refractivity (Wildman–Crippen MR) is 80.1 cm³/mol. The molecule has 2 aromatic rings. The molecule has 2 rings (SSSR count). The molecule has 0 aliphatic carbocycles. The first-order chi connectivity index (χ1) is 9.69. The van der Waals surface area contributed by atoms with E-state index in [-0.39, 0.29) is 0 Å². The summed E-state index contributed by atoms with van der Waals surface area (Å²) in [4.78, 5) is 9.08. The van der Waals surface area contributed by atoms with E-state index in [1.807, 2.05) is 31.2 Å². The highest BCUT2D eigenvalue weighted by molar-refractivity contribution is 5.60. The number of benzene rings is 1. The quantitative estimate of drug-likeness (QED) is 0.646. The van der Waals surface area contributed by atoms with Gasteiger partial charge in [-0.05, 0) is 25.0 Å². The first-order valence-corrected chi connectivity index (χ1v) is 6.62. The Morgan fingerprint density at radius 2 is 2.10 bits per heavy atom. The number of hydrazine groups is 1. The van der Waals surface area contributed by atoms with E-state index in [1.165, 1.54) is 0 Å². The Kier molecular flexibility index (Phi) is 4.65. The van der Waals surface area contributed by atoms with E-state index in [0.29, 0.717) is 18.2 Å². The number of nitrogens with zero attached hydrogens (tertiary/aromatic N) is 2. The molecule has 0 fully saturated rings. The number of nitrogens with two attached hydrogens (primary N) is 1. The predicted octanol–water partition coefficient (Wildman–Crippen LogP) is 2.45. The molecule has 5 nitrogen and oxygen atoms in total. The maximum absolute atomic E-state index is 5.56. The fourth-order valence-corrected chi connectivity index (χ4v) is 2.23. The summed E-state index contributed by atoms with van der Waals surface area (Å²) >= 11 is 0. The number of aromatic nitrogens is 2. The summed E-state index contributed by atoms with van der Waals surface area (Å²) in [5.74, 6) is 6.92. The number of nitrogen functional groups attached to an aromatic ring is 1. The van der Waals surface area contributed by atoms with Gasteiger partial charge in [0.05, 0.1) is 6.61 Å². The molecule has 0 amide bonds. The second kappa shape index (κ2) is 6.45. The zero-order chi connectivity index (χ0) is 14.5. The van der Waals surface area contributed by atoms with Crippen LogP contribution in [0.25, 0.3) is 11.4 Å². The van der Waals surface area contributed by atoms with E-state index in [1.54, 1.807) is 7.11 Å². The average Bonchev–Trinajstić information content (AvgIpc) is 2.47. The second-order valence-corrected chi connectivity index (χ2v) is 4.59. The molecule has 1 aromatic heterocycles. The average molecular weight is 272 g/mol. The molecule has 0 saturated heterocycles. The molecule has 0 saturated carbocycles. The van der Waals surface area contributed by atoms with Crippen molar-refractivity contribution in [1.82, 2.24) is 9.97 Å². The number of hydrogen-bond acceptors (Lipinski definition) is 5. The fraction of sp³-hybridized carbons (Fsp3) is 0.333. The SMILES string of the molecule is CCc1c(C)nc(-c2cccc(COC)c2)nc1NN. The van der Waals surface area contributed by atoms with Gasteiger partial charge in [-0.15, -0.1) is 0 Å². The summed E-state index contributed by atoms with van der Waals surface area (Å²) in [6.45, 7) is 4.61. The Morgan fingerprint density at radius 1 is 1.30 bits per heavy atom. The van der Waals surface area contributed by atoms with E-state index in [4.69, 9.17) is 10.6 Å². The molecule has 20 heavy (non-hydrogen) atoms. The molecule has 0 aliphatic rings. The number of methoxy groups -OCH3 is 1. The Labute approximate surface area is 119 Å². The van der Waals surface area contributed by atoms with Gasteiger partial charge < -0.3 is 10.2 Å². The maximum Gasteiger partial charge on any atom is 0.161 e. The third-order valence-corrected chi connectivity index (χ3v) is 3.20. The minimum absolute atomic E-state index is 0.571. The molecule has 0 spiro atoms. The zero-order valence-electron chi connectivity index (χ0n) is 12.1. The monoisotopic (exact) mass is 272 g/mol. The van der Waals surface area contributed by atoms with E-state index >= 15 is 0 Å². The van der Waals surface area contributed by atoms with Crippen molar-refractivity contribution in [3.63, 3.8) is 0 Å². The van der Waals surface area contributed by atoms with Crippen LogP contribution in [0.4, 0.5) is 5.82 Å². The molecule has 0 atom stereocenters. The highest BCUT2D eigenvalue weighted by Gasteiger charge is 2.11. The van der Waals surface area contributed by atoms with E-state index in [2.05, 4.69) is 22.3 Å². The van der Waals surface area contributed by atoms with E-state index in [9.17, 15) is 0 Å². The van der Waals surface area contributed by atoms with Crippen molar-refractivity contribution in [3.05, 3.63) is 41.1 Å². The summed E-state index contributed by atoms with van der Waals surface area (Å²) in [6.07, 6.45) is 0.843. The molecule has 5 heteroatoms. The minimum atomic E-state index is 0.571. The smallest absolute Gasteiger partial charge is 0.161 e. The summed E-state index contributed by atoms with van der Waals surface area (Å²) in [6, 6.07) is 8.01. The molecule has 1 heterocycles.